The van der Waals surface area contributed by atoms with Gasteiger partial charge in [0.1, 0.15) is 0 Å². The SMILES string of the molecule is CC(Cl)CN(CC(C)Cl)c1ccc(N=Nc2ccccc2)cc1. The van der Waals surface area contributed by atoms with Crippen LogP contribution in [0.15, 0.2) is 64.8 Å². The van der Waals surface area contributed by atoms with Crippen LogP contribution in [0.1, 0.15) is 13.8 Å². The minimum absolute atomic E-state index is 0.0582. The summed E-state index contributed by atoms with van der Waals surface area (Å²) in [6.45, 7) is 5.47. The lowest BCUT2D eigenvalue weighted by Crippen LogP contribution is -2.33. The first-order chi connectivity index (χ1) is 11.0. The highest BCUT2D eigenvalue weighted by Crippen LogP contribution is 2.23. The highest BCUT2D eigenvalue weighted by molar-refractivity contribution is 6.21. The average Bonchev–Trinajstić information content (AvgIpc) is 2.53. The van der Waals surface area contributed by atoms with Crippen molar-refractivity contribution in [2.45, 2.75) is 24.6 Å². The molecule has 3 nitrogen and oxygen atoms in total. The molecule has 122 valence electrons. The first-order valence-corrected chi connectivity index (χ1v) is 8.52. The van der Waals surface area contributed by atoms with Crippen LogP contribution in [0, 0.1) is 0 Å². The highest BCUT2D eigenvalue weighted by atomic mass is 35.5. The molecule has 5 heteroatoms. The lowest BCUT2D eigenvalue weighted by atomic mass is 10.2. The van der Waals surface area contributed by atoms with Crippen LogP contribution >= 0.6 is 23.2 Å². The van der Waals surface area contributed by atoms with Gasteiger partial charge in [0.2, 0.25) is 0 Å². The molecular weight excluding hydrogens is 329 g/mol. The lowest BCUT2D eigenvalue weighted by molar-refractivity contribution is 0.753. The number of benzene rings is 2. The molecule has 2 rings (SSSR count). The van der Waals surface area contributed by atoms with Crippen LogP contribution in [-0.4, -0.2) is 23.8 Å². The van der Waals surface area contributed by atoms with E-state index in [9.17, 15) is 0 Å². The second-order valence-corrected chi connectivity index (χ2v) is 7.01. The van der Waals surface area contributed by atoms with Crippen LogP contribution in [0.25, 0.3) is 0 Å². The number of hydrogen-bond acceptors (Lipinski definition) is 3. The maximum Gasteiger partial charge on any atom is 0.0858 e. The van der Waals surface area contributed by atoms with Crippen LogP contribution in [0.5, 0.6) is 0 Å². The van der Waals surface area contributed by atoms with Gasteiger partial charge in [0.25, 0.3) is 0 Å². The lowest BCUT2D eigenvalue weighted by Gasteiger charge is -2.27. The highest BCUT2D eigenvalue weighted by Gasteiger charge is 2.12. The topological polar surface area (TPSA) is 28.0 Å². The van der Waals surface area contributed by atoms with Crippen LogP contribution in [0.3, 0.4) is 0 Å². The van der Waals surface area contributed by atoms with Gasteiger partial charge in [-0.2, -0.15) is 10.2 Å². The van der Waals surface area contributed by atoms with Crippen molar-refractivity contribution < 1.29 is 0 Å². The summed E-state index contributed by atoms with van der Waals surface area (Å²) in [5.41, 5.74) is 2.74. The summed E-state index contributed by atoms with van der Waals surface area (Å²) in [7, 11) is 0. The number of hydrogen-bond donors (Lipinski definition) is 0. The number of azo groups is 1. The van der Waals surface area contributed by atoms with Crippen LogP contribution < -0.4 is 4.90 Å². The molecule has 0 spiro atoms. The van der Waals surface area contributed by atoms with Gasteiger partial charge >= 0.3 is 0 Å². The number of halogens is 2. The van der Waals surface area contributed by atoms with E-state index in [0.717, 1.165) is 30.2 Å². The molecule has 0 saturated carbocycles. The fourth-order valence-electron chi connectivity index (χ4n) is 2.23. The predicted octanol–water partition coefficient (Wildman–Crippen LogP) is 6.16. The summed E-state index contributed by atoms with van der Waals surface area (Å²) in [4.78, 5) is 2.19. The van der Waals surface area contributed by atoms with E-state index in [1.165, 1.54) is 0 Å². The van der Waals surface area contributed by atoms with Crippen molar-refractivity contribution in [1.29, 1.82) is 0 Å². The Kier molecular flexibility index (Phi) is 6.87. The second-order valence-electron chi connectivity index (χ2n) is 5.52. The average molecular weight is 350 g/mol. The Labute approximate surface area is 147 Å². The van der Waals surface area contributed by atoms with Crippen LogP contribution in [-0.2, 0) is 0 Å². The molecule has 0 aromatic heterocycles. The molecule has 2 aromatic rings. The van der Waals surface area contributed by atoms with Gasteiger partial charge in [-0.15, -0.1) is 23.2 Å². The zero-order valence-corrected chi connectivity index (χ0v) is 14.9. The molecule has 2 atom stereocenters. The van der Waals surface area contributed by atoms with Crippen LogP contribution in [0.4, 0.5) is 17.1 Å². The third-order valence-electron chi connectivity index (χ3n) is 3.20. The molecule has 0 radical (unpaired) electrons. The van der Waals surface area contributed by atoms with Gasteiger partial charge in [-0.1, -0.05) is 18.2 Å². The quantitative estimate of drug-likeness (QED) is 0.434. The maximum atomic E-state index is 6.14. The smallest absolute Gasteiger partial charge is 0.0858 e. The summed E-state index contributed by atoms with van der Waals surface area (Å²) in [6.07, 6.45) is 0. The van der Waals surface area contributed by atoms with E-state index >= 15 is 0 Å². The normalized spacial score (nSPS) is 13.9. The molecular formula is C18H21Cl2N3. The third-order valence-corrected chi connectivity index (χ3v) is 3.47. The minimum atomic E-state index is 0.0582. The zero-order valence-electron chi connectivity index (χ0n) is 13.4. The fourth-order valence-corrected chi connectivity index (χ4v) is 2.57. The summed E-state index contributed by atoms with van der Waals surface area (Å²) in [6, 6.07) is 17.6. The number of rotatable bonds is 7. The van der Waals surface area contributed by atoms with E-state index in [2.05, 4.69) is 15.1 Å². The third kappa shape index (κ3) is 6.20. The van der Waals surface area contributed by atoms with Crippen molar-refractivity contribution in [2.24, 2.45) is 10.2 Å². The van der Waals surface area contributed by atoms with Crippen molar-refractivity contribution in [3.05, 3.63) is 54.6 Å². The standard InChI is InChI=1S/C18H21Cl2N3/c1-14(19)12-23(13-15(2)20)18-10-8-17(9-11-18)22-21-16-6-4-3-5-7-16/h3-11,14-15H,12-13H2,1-2H3. The van der Waals surface area contributed by atoms with E-state index in [-0.39, 0.29) is 10.8 Å². The minimum Gasteiger partial charge on any atom is -0.369 e. The van der Waals surface area contributed by atoms with Gasteiger partial charge in [0.15, 0.2) is 0 Å². The summed E-state index contributed by atoms with van der Waals surface area (Å²) < 4.78 is 0. The molecule has 0 saturated heterocycles. The molecule has 0 aliphatic heterocycles. The van der Waals surface area contributed by atoms with Crippen molar-refractivity contribution in [3.8, 4) is 0 Å². The summed E-state index contributed by atoms with van der Waals surface area (Å²) in [5.74, 6) is 0. The summed E-state index contributed by atoms with van der Waals surface area (Å²) in [5, 5.41) is 8.59. The molecule has 0 heterocycles. The Morgan fingerprint density at radius 2 is 1.26 bits per heavy atom. The number of alkyl halides is 2. The molecule has 2 unspecified atom stereocenters. The molecule has 0 bridgehead atoms. The predicted molar refractivity (Wildman–Crippen MR) is 99.9 cm³/mol. The van der Waals surface area contributed by atoms with E-state index in [1.807, 2.05) is 68.4 Å². The second kappa shape index (κ2) is 8.90. The molecule has 0 fully saturated rings. The van der Waals surface area contributed by atoms with E-state index in [1.54, 1.807) is 0 Å². The van der Waals surface area contributed by atoms with Gasteiger partial charge < -0.3 is 4.90 Å². The number of anilines is 1. The Morgan fingerprint density at radius 3 is 1.74 bits per heavy atom. The van der Waals surface area contributed by atoms with Crippen molar-refractivity contribution in [1.82, 2.24) is 0 Å². The molecule has 23 heavy (non-hydrogen) atoms. The molecule has 2 aromatic carbocycles. The fraction of sp³-hybridized carbons (Fsp3) is 0.333. The molecule has 0 N–H and O–H groups in total. The maximum absolute atomic E-state index is 6.14. The monoisotopic (exact) mass is 349 g/mol. The summed E-state index contributed by atoms with van der Waals surface area (Å²) >= 11 is 12.3. The molecule has 0 aliphatic carbocycles. The largest absolute Gasteiger partial charge is 0.369 e. The van der Waals surface area contributed by atoms with Gasteiger partial charge in [-0.05, 0) is 50.2 Å². The van der Waals surface area contributed by atoms with Crippen molar-refractivity contribution in [2.75, 3.05) is 18.0 Å². The van der Waals surface area contributed by atoms with Gasteiger partial charge in [0.05, 0.1) is 11.4 Å². The van der Waals surface area contributed by atoms with Crippen LogP contribution in [0.2, 0.25) is 0 Å². The van der Waals surface area contributed by atoms with E-state index in [4.69, 9.17) is 23.2 Å². The molecule has 0 aliphatic rings. The number of nitrogens with zero attached hydrogens (tertiary/aromatic N) is 3. The van der Waals surface area contributed by atoms with Crippen molar-refractivity contribution >= 4 is 40.3 Å². The van der Waals surface area contributed by atoms with Gasteiger partial charge in [-0.3, -0.25) is 0 Å². The Hall–Kier alpha value is -1.58. The van der Waals surface area contributed by atoms with Gasteiger partial charge in [-0.25, -0.2) is 0 Å². The first-order valence-electron chi connectivity index (χ1n) is 7.64. The van der Waals surface area contributed by atoms with Crippen molar-refractivity contribution in [3.63, 3.8) is 0 Å². The zero-order chi connectivity index (χ0) is 16.7. The Balaban J connectivity index is 2.09. The Bertz CT molecular complexity index is 600. The first kappa shape index (κ1) is 17.8. The van der Waals surface area contributed by atoms with E-state index in [0.29, 0.717) is 0 Å². The van der Waals surface area contributed by atoms with Gasteiger partial charge in [0, 0.05) is 29.5 Å². The molecule has 0 amide bonds. The van der Waals surface area contributed by atoms with E-state index < -0.39 is 0 Å². The Morgan fingerprint density at radius 1 is 0.783 bits per heavy atom.